The quantitative estimate of drug-likeness (QED) is 0.408. The third-order valence-corrected chi connectivity index (χ3v) is 7.97. The molecule has 1 saturated heterocycles. The number of imidazole rings is 1. The van der Waals surface area contributed by atoms with Crippen molar-refractivity contribution in [1.82, 2.24) is 20.2 Å². The number of likely N-dealkylation sites (tertiary alicyclic amines) is 1. The van der Waals surface area contributed by atoms with E-state index in [-0.39, 0.29) is 23.2 Å². The number of fused-ring (bicyclic) bond motifs is 1. The summed E-state index contributed by atoms with van der Waals surface area (Å²) < 4.78 is 37.9. The third kappa shape index (κ3) is 5.05. The molecule has 8 nitrogen and oxygen atoms in total. The predicted molar refractivity (Wildman–Crippen MR) is 140 cm³/mol. The van der Waals surface area contributed by atoms with Gasteiger partial charge in [-0.3, -0.25) is 4.90 Å². The molecular weight excluding hydrogens is 492 g/mol. The van der Waals surface area contributed by atoms with Crippen LogP contribution in [-0.2, 0) is 12.0 Å². The van der Waals surface area contributed by atoms with E-state index in [9.17, 15) is 13.6 Å². The number of methoxy groups -OCH3 is 2. The molecule has 1 aliphatic heterocycles. The van der Waals surface area contributed by atoms with E-state index in [4.69, 9.17) is 9.47 Å². The smallest absolute Gasteiger partial charge is 0.319 e. The van der Waals surface area contributed by atoms with Crippen LogP contribution in [0, 0.1) is 18.6 Å². The molecule has 0 bridgehead atoms. The van der Waals surface area contributed by atoms with Crippen molar-refractivity contribution in [3.63, 3.8) is 0 Å². The first kappa shape index (κ1) is 26.0. The van der Waals surface area contributed by atoms with E-state index in [1.807, 2.05) is 19.2 Å². The van der Waals surface area contributed by atoms with Crippen LogP contribution < -0.4 is 20.1 Å². The number of aryl methyl sites for hydroxylation is 1. The molecule has 2 aliphatic rings. The fourth-order valence-electron chi connectivity index (χ4n) is 6.15. The minimum Gasteiger partial charge on any atom is -0.493 e. The molecule has 202 valence electrons. The van der Waals surface area contributed by atoms with Crippen molar-refractivity contribution < 1.29 is 23.0 Å². The molecule has 3 N–H and O–H groups in total. The second kappa shape index (κ2) is 10.6. The Bertz CT molecular complexity index is 1320. The van der Waals surface area contributed by atoms with Gasteiger partial charge in [-0.25, -0.2) is 18.6 Å². The molecule has 2 aromatic carbocycles. The summed E-state index contributed by atoms with van der Waals surface area (Å²) in [6.45, 7) is 3.58. The van der Waals surface area contributed by atoms with E-state index in [1.165, 1.54) is 11.6 Å². The molecule has 1 aliphatic carbocycles. The lowest BCUT2D eigenvalue weighted by atomic mass is 9.65. The molecule has 3 aromatic rings. The molecule has 2 amide bonds. The fraction of sp³-hybridized carbons (Fsp3) is 0.429. The van der Waals surface area contributed by atoms with E-state index in [2.05, 4.69) is 37.6 Å². The second-order valence-electron chi connectivity index (χ2n) is 10.2. The van der Waals surface area contributed by atoms with Crippen LogP contribution in [0.25, 0.3) is 0 Å². The molecule has 1 aromatic heterocycles. The number of aromatic nitrogens is 2. The highest BCUT2D eigenvalue weighted by Crippen LogP contribution is 2.50. The van der Waals surface area contributed by atoms with Crippen LogP contribution in [0.3, 0.4) is 0 Å². The first-order valence-electron chi connectivity index (χ1n) is 12.8. The molecule has 3 atom stereocenters. The van der Waals surface area contributed by atoms with Crippen LogP contribution in [0.1, 0.15) is 42.8 Å². The Morgan fingerprint density at radius 2 is 1.95 bits per heavy atom. The zero-order chi connectivity index (χ0) is 26.9. The molecule has 10 heteroatoms. The number of rotatable bonds is 7. The standard InChI is InChI=1S/C28H33F2N5O3/c1-17-31-15-21(32-17)16-35-11-10-28(18-4-7-24(37-2)25(12-18)38-3)9-8-20(14-26(28)35)34-27(36)33-19-5-6-22(29)23(30)13-19/h4-7,12-13,15,20,26H,8-11,14,16H2,1-3H3,(H,31,32)(H2,33,34,36)/t20-,26+,28-/m0/s1. The number of aromatic amines is 1. The van der Waals surface area contributed by atoms with Crippen LogP contribution in [-0.4, -0.2) is 53.7 Å². The van der Waals surface area contributed by atoms with E-state index >= 15 is 0 Å². The Labute approximate surface area is 220 Å². The maximum atomic E-state index is 13.6. The zero-order valence-electron chi connectivity index (χ0n) is 21.8. The Hall–Kier alpha value is -3.66. The van der Waals surface area contributed by atoms with Gasteiger partial charge >= 0.3 is 6.03 Å². The maximum Gasteiger partial charge on any atom is 0.319 e. The second-order valence-corrected chi connectivity index (χ2v) is 10.2. The summed E-state index contributed by atoms with van der Waals surface area (Å²) in [6, 6.07) is 9.12. The number of halogens is 2. The number of amides is 2. The molecule has 0 unspecified atom stereocenters. The van der Waals surface area contributed by atoms with E-state index in [1.54, 1.807) is 14.2 Å². The highest BCUT2D eigenvalue weighted by Gasteiger charge is 2.51. The largest absolute Gasteiger partial charge is 0.493 e. The molecule has 2 heterocycles. The average molecular weight is 526 g/mol. The summed E-state index contributed by atoms with van der Waals surface area (Å²) in [5, 5.41) is 5.68. The molecule has 1 saturated carbocycles. The normalized spacial score (nSPS) is 23.1. The van der Waals surface area contributed by atoms with Gasteiger partial charge in [0.05, 0.1) is 14.2 Å². The van der Waals surface area contributed by atoms with Gasteiger partial charge in [-0.2, -0.15) is 0 Å². The molecule has 2 fully saturated rings. The first-order valence-corrected chi connectivity index (χ1v) is 12.8. The van der Waals surface area contributed by atoms with Crippen molar-refractivity contribution in [2.75, 3.05) is 26.1 Å². The van der Waals surface area contributed by atoms with E-state index < -0.39 is 17.7 Å². The maximum absolute atomic E-state index is 13.6. The van der Waals surface area contributed by atoms with Gasteiger partial charge in [0.25, 0.3) is 0 Å². The monoisotopic (exact) mass is 525 g/mol. The molecule has 0 spiro atoms. The van der Waals surface area contributed by atoms with Gasteiger partial charge in [0, 0.05) is 47.7 Å². The molecule has 38 heavy (non-hydrogen) atoms. The zero-order valence-corrected chi connectivity index (χ0v) is 21.8. The van der Waals surface area contributed by atoms with Gasteiger partial charge in [-0.05, 0) is 69.0 Å². The van der Waals surface area contributed by atoms with Gasteiger partial charge < -0.3 is 25.1 Å². The van der Waals surface area contributed by atoms with Crippen molar-refractivity contribution >= 4 is 11.7 Å². The minimum atomic E-state index is -1.00. The van der Waals surface area contributed by atoms with Crippen molar-refractivity contribution in [2.24, 2.45) is 0 Å². The van der Waals surface area contributed by atoms with Gasteiger partial charge in [0.2, 0.25) is 0 Å². The van der Waals surface area contributed by atoms with Gasteiger partial charge in [0.1, 0.15) is 5.82 Å². The van der Waals surface area contributed by atoms with Gasteiger partial charge in [-0.15, -0.1) is 0 Å². The number of benzene rings is 2. The van der Waals surface area contributed by atoms with Crippen molar-refractivity contribution in [3.8, 4) is 11.5 Å². The Kier molecular flexibility index (Phi) is 7.25. The number of H-pyrrole nitrogens is 1. The van der Waals surface area contributed by atoms with Crippen LogP contribution in [0.5, 0.6) is 11.5 Å². The minimum absolute atomic E-state index is 0.0809. The predicted octanol–water partition coefficient (Wildman–Crippen LogP) is 4.90. The van der Waals surface area contributed by atoms with Crippen LogP contribution in [0.15, 0.2) is 42.6 Å². The highest BCUT2D eigenvalue weighted by molar-refractivity contribution is 5.89. The lowest BCUT2D eigenvalue weighted by molar-refractivity contribution is 0.130. The number of hydrogen-bond donors (Lipinski definition) is 3. The SMILES string of the molecule is COc1ccc([C@@]23CC[C@H](NC(=O)Nc4ccc(F)c(F)c4)C[C@H]2N(Cc2cnc(C)[nH]2)CC3)cc1OC. The summed E-state index contributed by atoms with van der Waals surface area (Å²) in [7, 11) is 3.27. The Balaban J connectivity index is 1.37. The molecule has 5 rings (SSSR count). The topological polar surface area (TPSA) is 91.5 Å². The van der Waals surface area contributed by atoms with Crippen LogP contribution in [0.2, 0.25) is 0 Å². The number of hydrogen-bond acceptors (Lipinski definition) is 5. The lowest BCUT2D eigenvalue weighted by Crippen LogP contribution is -2.52. The van der Waals surface area contributed by atoms with Gasteiger partial charge in [-0.1, -0.05) is 6.07 Å². The number of nitrogens with one attached hydrogen (secondary N) is 3. The summed E-state index contributed by atoms with van der Waals surface area (Å²) in [5.41, 5.74) is 2.35. The third-order valence-electron chi connectivity index (χ3n) is 7.97. The molecule has 0 radical (unpaired) electrons. The summed E-state index contributed by atoms with van der Waals surface area (Å²) in [4.78, 5) is 22.9. The fourth-order valence-corrected chi connectivity index (χ4v) is 6.15. The Morgan fingerprint density at radius 1 is 1.13 bits per heavy atom. The van der Waals surface area contributed by atoms with Crippen molar-refractivity contribution in [3.05, 3.63) is 71.3 Å². The lowest BCUT2D eigenvalue weighted by Gasteiger charge is -2.45. The Morgan fingerprint density at radius 3 is 2.66 bits per heavy atom. The first-order chi connectivity index (χ1) is 18.3. The number of carbonyl (C=O) groups excluding carboxylic acids is 1. The van der Waals surface area contributed by atoms with E-state index in [0.717, 1.165) is 62.4 Å². The number of nitrogens with zero attached hydrogens (tertiary/aromatic N) is 2. The van der Waals surface area contributed by atoms with Crippen molar-refractivity contribution in [2.45, 2.75) is 56.7 Å². The summed E-state index contributed by atoms with van der Waals surface area (Å²) in [5.74, 6) is 0.310. The number of carbonyl (C=O) groups is 1. The summed E-state index contributed by atoms with van der Waals surface area (Å²) >= 11 is 0. The number of urea groups is 1. The molecular formula is C28H33F2N5O3. The van der Waals surface area contributed by atoms with E-state index in [0.29, 0.717) is 11.5 Å². The van der Waals surface area contributed by atoms with Crippen molar-refractivity contribution in [1.29, 1.82) is 0 Å². The van der Waals surface area contributed by atoms with Crippen LogP contribution >= 0.6 is 0 Å². The number of anilines is 1. The summed E-state index contributed by atoms with van der Waals surface area (Å²) in [6.07, 6.45) is 5.26. The van der Waals surface area contributed by atoms with Crippen LogP contribution in [0.4, 0.5) is 19.3 Å². The highest BCUT2D eigenvalue weighted by atomic mass is 19.2. The number of ether oxygens (including phenoxy) is 2. The van der Waals surface area contributed by atoms with Gasteiger partial charge in [0.15, 0.2) is 23.1 Å². The average Bonchev–Trinajstić information content (AvgIpc) is 3.49.